The molecule has 1 unspecified atom stereocenters. The molecule has 0 aliphatic heterocycles. The topological polar surface area (TPSA) is 82.2 Å². The van der Waals surface area contributed by atoms with Crippen molar-refractivity contribution in [2.24, 2.45) is 0 Å². The quantitative estimate of drug-likeness (QED) is 0.819. The van der Waals surface area contributed by atoms with Gasteiger partial charge in [-0.3, -0.25) is 4.79 Å². The Morgan fingerprint density at radius 2 is 2.32 bits per heavy atom. The molecule has 100 valence electrons. The molecule has 0 bridgehead atoms. The van der Waals surface area contributed by atoms with Crippen LogP contribution in [-0.2, 0) is 4.79 Å². The maximum Gasteiger partial charge on any atom is 0.247 e. The van der Waals surface area contributed by atoms with Crippen LogP contribution in [0.15, 0.2) is 36.9 Å². The molecule has 0 aliphatic rings. The summed E-state index contributed by atoms with van der Waals surface area (Å²) in [7, 11) is 1.54. The Bertz CT molecular complexity index is 566. The van der Waals surface area contributed by atoms with Gasteiger partial charge in [0.25, 0.3) is 0 Å². The lowest BCUT2D eigenvalue weighted by Crippen LogP contribution is -2.23. The highest BCUT2D eigenvalue weighted by Crippen LogP contribution is 2.27. The van der Waals surface area contributed by atoms with Gasteiger partial charge in [-0.05, 0) is 25.1 Å². The molecule has 0 saturated heterocycles. The molecule has 1 aromatic heterocycles. The third-order valence-corrected chi connectivity index (χ3v) is 2.83. The van der Waals surface area contributed by atoms with Crippen LogP contribution >= 0.6 is 0 Å². The molecule has 0 saturated carbocycles. The van der Waals surface area contributed by atoms with Crippen LogP contribution in [0.25, 0.3) is 0 Å². The van der Waals surface area contributed by atoms with Gasteiger partial charge in [-0.15, -0.1) is 0 Å². The standard InChI is InChI=1S/C13H16N4O2/c1-9(17-6-5-15-8-17)13(18)16-11-7-10(14)3-4-12(11)19-2/h3-9H,14H2,1-2H3,(H,16,18). The molecule has 1 amide bonds. The Labute approximate surface area is 111 Å². The van der Waals surface area contributed by atoms with Gasteiger partial charge in [0, 0.05) is 18.1 Å². The number of hydrogen-bond donors (Lipinski definition) is 2. The molecule has 1 heterocycles. The number of nitrogens with zero attached hydrogens (tertiary/aromatic N) is 2. The Kier molecular flexibility index (Phi) is 3.70. The van der Waals surface area contributed by atoms with Crippen LogP contribution in [0.1, 0.15) is 13.0 Å². The Balaban J connectivity index is 2.17. The molecule has 0 fully saturated rings. The predicted molar refractivity (Wildman–Crippen MR) is 73.0 cm³/mol. The highest BCUT2D eigenvalue weighted by molar-refractivity contribution is 5.95. The van der Waals surface area contributed by atoms with Crippen LogP contribution < -0.4 is 15.8 Å². The van der Waals surface area contributed by atoms with Crippen molar-refractivity contribution >= 4 is 17.3 Å². The minimum atomic E-state index is -0.367. The average molecular weight is 260 g/mol. The van der Waals surface area contributed by atoms with Gasteiger partial charge in [-0.25, -0.2) is 4.98 Å². The zero-order valence-corrected chi connectivity index (χ0v) is 10.8. The van der Waals surface area contributed by atoms with Crippen LogP contribution in [0.3, 0.4) is 0 Å². The van der Waals surface area contributed by atoms with E-state index in [1.165, 1.54) is 0 Å². The normalized spacial score (nSPS) is 11.9. The first-order valence-electron chi connectivity index (χ1n) is 5.83. The number of benzene rings is 1. The summed E-state index contributed by atoms with van der Waals surface area (Å²) in [6.07, 6.45) is 4.96. The van der Waals surface area contributed by atoms with E-state index in [4.69, 9.17) is 10.5 Å². The number of nitrogens with two attached hydrogens (primary N) is 1. The van der Waals surface area contributed by atoms with Crippen LogP contribution in [0.5, 0.6) is 5.75 Å². The summed E-state index contributed by atoms with van der Waals surface area (Å²) in [4.78, 5) is 16.1. The number of carbonyl (C=O) groups excluding carboxylic acids is 1. The van der Waals surface area contributed by atoms with Crippen molar-refractivity contribution in [3.63, 3.8) is 0 Å². The van der Waals surface area contributed by atoms with E-state index in [0.717, 1.165) is 0 Å². The number of imidazole rings is 1. The van der Waals surface area contributed by atoms with E-state index in [2.05, 4.69) is 10.3 Å². The van der Waals surface area contributed by atoms with Crippen LogP contribution in [0.4, 0.5) is 11.4 Å². The van der Waals surface area contributed by atoms with E-state index in [9.17, 15) is 4.79 Å². The number of nitrogen functional groups attached to an aromatic ring is 1. The average Bonchev–Trinajstić information content (AvgIpc) is 2.92. The van der Waals surface area contributed by atoms with Crippen molar-refractivity contribution < 1.29 is 9.53 Å². The first kappa shape index (κ1) is 12.9. The molecule has 0 radical (unpaired) electrons. The number of methoxy groups -OCH3 is 1. The number of anilines is 2. The van der Waals surface area contributed by atoms with Gasteiger partial charge in [-0.1, -0.05) is 0 Å². The van der Waals surface area contributed by atoms with Crippen molar-refractivity contribution in [1.82, 2.24) is 9.55 Å². The molecule has 1 atom stereocenters. The molecule has 2 aromatic rings. The van der Waals surface area contributed by atoms with Crippen LogP contribution in [0.2, 0.25) is 0 Å². The second-order valence-electron chi connectivity index (χ2n) is 4.13. The van der Waals surface area contributed by atoms with E-state index in [1.54, 1.807) is 55.5 Å². The van der Waals surface area contributed by atoms with E-state index in [-0.39, 0.29) is 11.9 Å². The van der Waals surface area contributed by atoms with Crippen molar-refractivity contribution in [2.75, 3.05) is 18.2 Å². The maximum absolute atomic E-state index is 12.1. The van der Waals surface area contributed by atoms with Gasteiger partial charge in [0.15, 0.2) is 0 Å². The van der Waals surface area contributed by atoms with Crippen LogP contribution in [0, 0.1) is 0 Å². The number of nitrogens with one attached hydrogen (secondary N) is 1. The summed E-state index contributed by atoms with van der Waals surface area (Å²) < 4.78 is 6.90. The van der Waals surface area contributed by atoms with Crippen molar-refractivity contribution in [2.45, 2.75) is 13.0 Å². The summed E-state index contributed by atoms with van der Waals surface area (Å²) in [6.45, 7) is 1.79. The molecule has 6 nitrogen and oxygen atoms in total. The lowest BCUT2D eigenvalue weighted by Gasteiger charge is -2.15. The molecule has 2 rings (SSSR count). The fraction of sp³-hybridized carbons (Fsp3) is 0.231. The van der Waals surface area contributed by atoms with Gasteiger partial charge < -0.3 is 20.4 Å². The van der Waals surface area contributed by atoms with Gasteiger partial charge in [-0.2, -0.15) is 0 Å². The molecule has 1 aromatic carbocycles. The van der Waals surface area contributed by atoms with E-state index in [0.29, 0.717) is 17.1 Å². The first-order chi connectivity index (χ1) is 9.11. The molecular formula is C13H16N4O2. The second kappa shape index (κ2) is 5.43. The number of carbonyl (C=O) groups is 1. The third-order valence-electron chi connectivity index (χ3n) is 2.83. The summed E-state index contributed by atoms with van der Waals surface area (Å²) >= 11 is 0. The van der Waals surface area contributed by atoms with Crippen molar-refractivity contribution in [3.8, 4) is 5.75 Å². The molecule has 0 aliphatic carbocycles. The SMILES string of the molecule is COc1ccc(N)cc1NC(=O)C(C)n1ccnc1. The zero-order valence-electron chi connectivity index (χ0n) is 10.8. The summed E-state index contributed by atoms with van der Waals surface area (Å²) in [5.41, 5.74) is 6.82. The lowest BCUT2D eigenvalue weighted by atomic mass is 10.2. The number of ether oxygens (including phenoxy) is 1. The van der Waals surface area contributed by atoms with E-state index in [1.807, 2.05) is 0 Å². The summed E-state index contributed by atoms with van der Waals surface area (Å²) in [6, 6.07) is 4.73. The molecule has 3 N–H and O–H groups in total. The predicted octanol–water partition coefficient (Wildman–Crippen LogP) is 1.67. The minimum absolute atomic E-state index is 0.165. The zero-order chi connectivity index (χ0) is 13.8. The monoisotopic (exact) mass is 260 g/mol. The second-order valence-corrected chi connectivity index (χ2v) is 4.13. The Morgan fingerprint density at radius 3 is 2.95 bits per heavy atom. The van der Waals surface area contributed by atoms with Gasteiger partial charge >= 0.3 is 0 Å². The number of hydrogen-bond acceptors (Lipinski definition) is 4. The Morgan fingerprint density at radius 1 is 1.53 bits per heavy atom. The molecule has 19 heavy (non-hydrogen) atoms. The van der Waals surface area contributed by atoms with Gasteiger partial charge in [0.2, 0.25) is 5.91 Å². The van der Waals surface area contributed by atoms with Crippen molar-refractivity contribution in [3.05, 3.63) is 36.9 Å². The number of rotatable bonds is 4. The van der Waals surface area contributed by atoms with E-state index < -0.39 is 0 Å². The largest absolute Gasteiger partial charge is 0.495 e. The third kappa shape index (κ3) is 2.85. The molecular weight excluding hydrogens is 244 g/mol. The first-order valence-corrected chi connectivity index (χ1v) is 5.83. The summed E-state index contributed by atoms with van der Waals surface area (Å²) in [5.74, 6) is 0.405. The fourth-order valence-corrected chi connectivity index (χ4v) is 1.69. The number of amides is 1. The van der Waals surface area contributed by atoms with E-state index >= 15 is 0 Å². The molecule has 6 heteroatoms. The highest BCUT2D eigenvalue weighted by atomic mass is 16.5. The molecule has 0 spiro atoms. The summed E-state index contributed by atoms with van der Waals surface area (Å²) in [5, 5.41) is 2.80. The van der Waals surface area contributed by atoms with Crippen molar-refractivity contribution in [1.29, 1.82) is 0 Å². The maximum atomic E-state index is 12.1. The number of aromatic nitrogens is 2. The minimum Gasteiger partial charge on any atom is -0.495 e. The van der Waals surface area contributed by atoms with Crippen LogP contribution in [-0.4, -0.2) is 22.6 Å². The smallest absolute Gasteiger partial charge is 0.247 e. The lowest BCUT2D eigenvalue weighted by molar-refractivity contribution is -0.118. The highest BCUT2D eigenvalue weighted by Gasteiger charge is 2.16. The van der Waals surface area contributed by atoms with Gasteiger partial charge in [0.1, 0.15) is 11.8 Å². The Hall–Kier alpha value is -2.50. The fourth-order valence-electron chi connectivity index (χ4n) is 1.69. The van der Waals surface area contributed by atoms with Gasteiger partial charge in [0.05, 0.1) is 19.1 Å².